The van der Waals surface area contributed by atoms with Crippen LogP contribution in [0, 0.1) is 0 Å². The van der Waals surface area contributed by atoms with Gasteiger partial charge in [-0.15, -0.1) is 10.2 Å². The van der Waals surface area contributed by atoms with Crippen molar-refractivity contribution in [1.29, 1.82) is 0 Å². The third-order valence-corrected chi connectivity index (χ3v) is 3.94. The fraction of sp³-hybridized carbons (Fsp3) is 0.250. The summed E-state index contributed by atoms with van der Waals surface area (Å²) in [4.78, 5) is 12.6. The fourth-order valence-electron chi connectivity index (χ4n) is 2.67. The second-order valence-electron chi connectivity index (χ2n) is 6.86. The topological polar surface area (TPSA) is 77.2 Å². The number of aromatic nitrogens is 2. The van der Waals surface area contributed by atoms with Gasteiger partial charge >= 0.3 is 11.8 Å². The van der Waals surface area contributed by atoms with Crippen molar-refractivity contribution in [2.75, 3.05) is 12.4 Å². The molecule has 0 fully saturated rings. The molecule has 6 heteroatoms. The lowest BCUT2D eigenvalue weighted by Crippen LogP contribution is -2.18. The zero-order valence-electron chi connectivity index (χ0n) is 15.2. The first-order valence-corrected chi connectivity index (χ1v) is 8.28. The highest BCUT2D eigenvalue weighted by atomic mass is 16.5. The lowest BCUT2D eigenvalue weighted by molar-refractivity contribution is 0.0990. The number of nitrogens with one attached hydrogen (secondary N) is 1. The molecule has 0 spiro atoms. The molecule has 0 saturated heterocycles. The molecule has 0 aliphatic heterocycles. The van der Waals surface area contributed by atoms with E-state index in [-0.39, 0.29) is 17.2 Å². The molecule has 6 nitrogen and oxygen atoms in total. The molecule has 0 unspecified atom stereocenters. The van der Waals surface area contributed by atoms with E-state index in [0.29, 0.717) is 11.3 Å². The first kappa shape index (κ1) is 17.7. The number of carbonyl (C=O) groups is 1. The van der Waals surface area contributed by atoms with Gasteiger partial charge in [-0.3, -0.25) is 4.79 Å². The Morgan fingerprint density at radius 1 is 1.04 bits per heavy atom. The molecule has 1 amide bonds. The van der Waals surface area contributed by atoms with Gasteiger partial charge in [0.15, 0.2) is 0 Å². The molecular weight excluding hydrogens is 330 g/mol. The molecule has 1 heterocycles. The standard InChI is InChI=1S/C20H21N3O3/c1-20(2,3)14-10-6-7-11-15(14)21-17(24)19-23-22-18(26-19)13-9-5-8-12-16(13)25-4/h5-12H,1-4H3,(H,21,24). The van der Waals surface area contributed by atoms with E-state index in [1.165, 1.54) is 0 Å². The molecule has 1 aromatic heterocycles. The third-order valence-electron chi connectivity index (χ3n) is 3.94. The number of para-hydroxylation sites is 2. The van der Waals surface area contributed by atoms with E-state index < -0.39 is 5.91 Å². The van der Waals surface area contributed by atoms with Crippen LogP contribution in [0.25, 0.3) is 11.5 Å². The Kier molecular flexibility index (Phi) is 4.75. The van der Waals surface area contributed by atoms with Crippen LogP contribution in [0.2, 0.25) is 0 Å². The van der Waals surface area contributed by atoms with Gasteiger partial charge in [-0.05, 0) is 29.2 Å². The second kappa shape index (κ2) is 7.00. The minimum absolute atomic E-state index is 0.102. The summed E-state index contributed by atoms with van der Waals surface area (Å²) in [5.41, 5.74) is 2.28. The first-order chi connectivity index (χ1) is 12.4. The van der Waals surface area contributed by atoms with Crippen molar-refractivity contribution >= 4 is 11.6 Å². The third kappa shape index (κ3) is 3.59. The van der Waals surface area contributed by atoms with Gasteiger partial charge in [0.2, 0.25) is 0 Å². The van der Waals surface area contributed by atoms with Crippen LogP contribution in [0.4, 0.5) is 5.69 Å². The largest absolute Gasteiger partial charge is 0.496 e. The number of anilines is 1. The van der Waals surface area contributed by atoms with Crippen LogP contribution >= 0.6 is 0 Å². The Morgan fingerprint density at radius 3 is 2.46 bits per heavy atom. The van der Waals surface area contributed by atoms with Crippen LogP contribution in [0.5, 0.6) is 5.75 Å². The van der Waals surface area contributed by atoms with Crippen molar-refractivity contribution in [2.24, 2.45) is 0 Å². The molecule has 2 aromatic carbocycles. The first-order valence-electron chi connectivity index (χ1n) is 8.28. The summed E-state index contributed by atoms with van der Waals surface area (Å²) in [6.45, 7) is 6.26. The molecule has 3 rings (SSSR count). The monoisotopic (exact) mass is 351 g/mol. The fourth-order valence-corrected chi connectivity index (χ4v) is 2.67. The Hall–Kier alpha value is -3.15. The highest BCUT2D eigenvalue weighted by Gasteiger charge is 2.22. The normalized spacial score (nSPS) is 11.2. The number of nitrogens with zero attached hydrogens (tertiary/aromatic N) is 2. The number of rotatable bonds is 4. The number of amides is 1. The van der Waals surface area contributed by atoms with Crippen LogP contribution in [0.15, 0.2) is 52.9 Å². The molecule has 0 aliphatic carbocycles. The van der Waals surface area contributed by atoms with Gasteiger partial charge in [0.25, 0.3) is 5.89 Å². The lowest BCUT2D eigenvalue weighted by Gasteiger charge is -2.22. The predicted octanol–water partition coefficient (Wildman–Crippen LogP) is 4.30. The maximum atomic E-state index is 12.6. The molecule has 0 atom stereocenters. The molecule has 0 saturated carbocycles. The van der Waals surface area contributed by atoms with Gasteiger partial charge in [0.05, 0.1) is 12.7 Å². The average Bonchev–Trinajstić information content (AvgIpc) is 3.11. The minimum Gasteiger partial charge on any atom is -0.496 e. The lowest BCUT2D eigenvalue weighted by atomic mass is 9.86. The Morgan fingerprint density at radius 2 is 1.73 bits per heavy atom. The molecule has 26 heavy (non-hydrogen) atoms. The van der Waals surface area contributed by atoms with Crippen molar-refractivity contribution in [3.8, 4) is 17.2 Å². The van der Waals surface area contributed by atoms with Gasteiger partial charge in [-0.1, -0.05) is 51.1 Å². The molecule has 1 N–H and O–H groups in total. The summed E-state index contributed by atoms with van der Waals surface area (Å²) in [6.07, 6.45) is 0. The van der Waals surface area contributed by atoms with Crippen molar-refractivity contribution in [3.05, 3.63) is 60.0 Å². The quantitative estimate of drug-likeness (QED) is 0.758. The van der Waals surface area contributed by atoms with E-state index >= 15 is 0 Å². The van der Waals surface area contributed by atoms with E-state index in [1.807, 2.05) is 36.4 Å². The summed E-state index contributed by atoms with van der Waals surface area (Å²) in [7, 11) is 1.56. The smallest absolute Gasteiger partial charge is 0.313 e. The molecule has 0 radical (unpaired) electrons. The summed E-state index contributed by atoms with van der Waals surface area (Å²) < 4.78 is 10.8. The van der Waals surface area contributed by atoms with Crippen LogP contribution in [-0.2, 0) is 5.41 Å². The molecule has 3 aromatic rings. The summed E-state index contributed by atoms with van der Waals surface area (Å²) >= 11 is 0. The van der Waals surface area contributed by atoms with E-state index in [0.717, 1.165) is 11.3 Å². The van der Waals surface area contributed by atoms with E-state index in [2.05, 4.69) is 36.3 Å². The number of ether oxygens (including phenoxy) is 1. The zero-order chi connectivity index (χ0) is 18.7. The van der Waals surface area contributed by atoms with Gasteiger partial charge in [-0.25, -0.2) is 0 Å². The van der Waals surface area contributed by atoms with E-state index in [1.54, 1.807) is 19.2 Å². The maximum absolute atomic E-state index is 12.6. The van der Waals surface area contributed by atoms with Crippen LogP contribution in [-0.4, -0.2) is 23.2 Å². The average molecular weight is 351 g/mol. The zero-order valence-corrected chi connectivity index (χ0v) is 15.2. The van der Waals surface area contributed by atoms with Crippen molar-refractivity contribution in [2.45, 2.75) is 26.2 Å². The van der Waals surface area contributed by atoms with Crippen LogP contribution in [0.3, 0.4) is 0 Å². The van der Waals surface area contributed by atoms with Crippen molar-refractivity contribution < 1.29 is 13.9 Å². The molecule has 0 aliphatic rings. The number of hydrogen-bond acceptors (Lipinski definition) is 5. The van der Waals surface area contributed by atoms with Crippen molar-refractivity contribution in [1.82, 2.24) is 10.2 Å². The van der Waals surface area contributed by atoms with Crippen LogP contribution < -0.4 is 10.1 Å². The van der Waals surface area contributed by atoms with E-state index in [9.17, 15) is 4.79 Å². The number of carbonyl (C=O) groups excluding carboxylic acids is 1. The Balaban J connectivity index is 1.86. The Labute approximate surface area is 152 Å². The summed E-state index contributed by atoms with van der Waals surface area (Å²) in [5.74, 6) is 0.280. The van der Waals surface area contributed by atoms with Gasteiger partial charge in [-0.2, -0.15) is 0 Å². The number of hydrogen-bond donors (Lipinski definition) is 1. The van der Waals surface area contributed by atoms with Crippen LogP contribution in [0.1, 0.15) is 37.0 Å². The number of methoxy groups -OCH3 is 1. The highest BCUT2D eigenvalue weighted by molar-refractivity contribution is 6.01. The summed E-state index contributed by atoms with van der Waals surface area (Å²) in [5, 5.41) is 10.7. The minimum atomic E-state index is -0.449. The van der Waals surface area contributed by atoms with Crippen molar-refractivity contribution in [3.63, 3.8) is 0 Å². The number of benzene rings is 2. The van der Waals surface area contributed by atoms with E-state index in [4.69, 9.17) is 9.15 Å². The Bertz CT molecular complexity index is 926. The maximum Gasteiger partial charge on any atom is 0.313 e. The van der Waals surface area contributed by atoms with Gasteiger partial charge in [0.1, 0.15) is 5.75 Å². The SMILES string of the molecule is COc1ccccc1-c1nnc(C(=O)Nc2ccccc2C(C)(C)C)o1. The highest BCUT2D eigenvalue weighted by Crippen LogP contribution is 2.30. The molecule has 0 bridgehead atoms. The molecule has 134 valence electrons. The summed E-state index contributed by atoms with van der Waals surface area (Å²) in [6, 6.07) is 14.9. The predicted molar refractivity (Wildman–Crippen MR) is 99.4 cm³/mol. The van der Waals surface area contributed by atoms with Gasteiger partial charge < -0.3 is 14.5 Å². The second-order valence-corrected chi connectivity index (χ2v) is 6.86. The van der Waals surface area contributed by atoms with Gasteiger partial charge in [0, 0.05) is 5.69 Å². The molecular formula is C20H21N3O3.